The molecule has 0 aliphatic carbocycles. The van der Waals surface area contributed by atoms with Gasteiger partial charge in [0.2, 0.25) is 0 Å². The van der Waals surface area contributed by atoms with Gasteiger partial charge in [0.05, 0.1) is 11.0 Å². The molecule has 0 aromatic heterocycles. The van der Waals surface area contributed by atoms with Crippen molar-refractivity contribution in [2.75, 3.05) is 19.6 Å². The van der Waals surface area contributed by atoms with Crippen LogP contribution in [-0.4, -0.2) is 35.5 Å². The van der Waals surface area contributed by atoms with Crippen LogP contribution in [0.3, 0.4) is 0 Å². The topological polar surface area (TPSA) is 58.4 Å². The Morgan fingerprint density at radius 2 is 2.14 bits per heavy atom. The van der Waals surface area contributed by atoms with Crippen molar-refractivity contribution >= 4 is 30.5 Å². The first-order valence-electron chi connectivity index (χ1n) is 6.36. The SMILES string of the molecule is Cc1c(CN2CCN[C@@H](C)C2)cc(F)cc1[N+](=O)[O-].Cl.Cl. The second kappa shape index (κ2) is 8.48. The maximum absolute atomic E-state index is 13.5. The minimum absolute atomic E-state index is 0. The van der Waals surface area contributed by atoms with Crippen molar-refractivity contribution in [3.05, 3.63) is 39.2 Å². The highest BCUT2D eigenvalue weighted by Crippen LogP contribution is 2.24. The summed E-state index contributed by atoms with van der Waals surface area (Å²) < 4.78 is 13.5. The Kier molecular flexibility index (Phi) is 8.10. The van der Waals surface area contributed by atoms with Crippen molar-refractivity contribution in [2.45, 2.75) is 26.4 Å². The molecule has 0 saturated carbocycles. The molecule has 1 aliphatic rings. The largest absolute Gasteiger partial charge is 0.312 e. The van der Waals surface area contributed by atoms with Crippen LogP contribution in [0.4, 0.5) is 10.1 Å². The second-order valence-electron chi connectivity index (χ2n) is 5.06. The Morgan fingerprint density at radius 3 is 2.71 bits per heavy atom. The molecule has 5 nitrogen and oxygen atoms in total. The molecule has 0 radical (unpaired) electrons. The lowest BCUT2D eigenvalue weighted by Gasteiger charge is -2.32. The number of nitro benzene ring substituents is 1. The van der Waals surface area contributed by atoms with E-state index in [0.717, 1.165) is 25.7 Å². The number of nitro groups is 1. The molecule has 1 atom stereocenters. The van der Waals surface area contributed by atoms with Crippen LogP contribution in [0.2, 0.25) is 0 Å². The van der Waals surface area contributed by atoms with Crippen LogP contribution in [-0.2, 0) is 6.54 Å². The molecule has 0 amide bonds. The fourth-order valence-electron chi connectivity index (χ4n) is 2.47. The normalized spacial score (nSPS) is 18.5. The summed E-state index contributed by atoms with van der Waals surface area (Å²) in [6.45, 7) is 6.94. The zero-order valence-corrected chi connectivity index (χ0v) is 13.6. The van der Waals surface area contributed by atoms with Crippen LogP contribution in [0.25, 0.3) is 0 Å². The smallest absolute Gasteiger partial charge is 0.275 e. The van der Waals surface area contributed by atoms with Gasteiger partial charge in [0.25, 0.3) is 5.69 Å². The fraction of sp³-hybridized carbons (Fsp3) is 0.538. The molecule has 1 heterocycles. The second-order valence-corrected chi connectivity index (χ2v) is 5.06. The third-order valence-electron chi connectivity index (χ3n) is 3.50. The van der Waals surface area contributed by atoms with E-state index in [2.05, 4.69) is 17.1 Å². The molecule has 0 bridgehead atoms. The average molecular weight is 340 g/mol. The number of benzene rings is 1. The van der Waals surface area contributed by atoms with Crippen molar-refractivity contribution in [3.8, 4) is 0 Å². The lowest BCUT2D eigenvalue weighted by Crippen LogP contribution is -2.48. The lowest BCUT2D eigenvalue weighted by molar-refractivity contribution is -0.385. The van der Waals surface area contributed by atoms with Crippen LogP contribution >= 0.6 is 24.8 Å². The predicted octanol–water partition coefficient (Wildman–Crippen LogP) is 2.68. The summed E-state index contributed by atoms with van der Waals surface area (Å²) in [6.07, 6.45) is 0. The number of rotatable bonds is 3. The Hall–Kier alpha value is -0.950. The Morgan fingerprint density at radius 1 is 1.48 bits per heavy atom. The summed E-state index contributed by atoms with van der Waals surface area (Å²) in [7, 11) is 0. The maximum atomic E-state index is 13.5. The molecule has 120 valence electrons. The number of hydrogen-bond acceptors (Lipinski definition) is 4. The van der Waals surface area contributed by atoms with Crippen molar-refractivity contribution in [1.82, 2.24) is 10.2 Å². The molecule has 21 heavy (non-hydrogen) atoms. The molecule has 1 N–H and O–H groups in total. The lowest BCUT2D eigenvalue weighted by atomic mass is 10.1. The molecule has 8 heteroatoms. The van der Waals surface area contributed by atoms with Gasteiger partial charge in [-0.3, -0.25) is 15.0 Å². The Bertz CT molecular complexity index is 503. The van der Waals surface area contributed by atoms with E-state index in [9.17, 15) is 14.5 Å². The monoisotopic (exact) mass is 339 g/mol. The minimum Gasteiger partial charge on any atom is -0.312 e. The van der Waals surface area contributed by atoms with Gasteiger partial charge in [0.1, 0.15) is 5.82 Å². The quantitative estimate of drug-likeness (QED) is 0.679. The van der Waals surface area contributed by atoms with Crippen molar-refractivity contribution in [1.29, 1.82) is 0 Å². The predicted molar refractivity (Wildman–Crippen MR) is 85.0 cm³/mol. The first-order chi connectivity index (χ1) is 8.97. The third kappa shape index (κ3) is 5.07. The standard InChI is InChI=1S/C13H18FN3O2.2ClH/c1-9-7-16(4-3-15-9)8-11-5-12(14)6-13(10(11)2)17(18)19;;/h5-6,9,15H,3-4,7-8H2,1-2H3;2*1H/t9-;;/m0../s1. The van der Waals surface area contributed by atoms with Crippen LogP contribution in [0.1, 0.15) is 18.1 Å². The van der Waals surface area contributed by atoms with Crippen molar-refractivity contribution in [2.24, 2.45) is 0 Å². The van der Waals surface area contributed by atoms with Gasteiger partial charge in [-0.1, -0.05) is 0 Å². The molecule has 0 spiro atoms. The summed E-state index contributed by atoms with van der Waals surface area (Å²) in [4.78, 5) is 12.5. The van der Waals surface area contributed by atoms with E-state index in [0.29, 0.717) is 23.7 Å². The summed E-state index contributed by atoms with van der Waals surface area (Å²) in [5.74, 6) is -0.546. The summed E-state index contributed by atoms with van der Waals surface area (Å²) in [5.41, 5.74) is 1.11. The molecule has 1 saturated heterocycles. The number of hydrogen-bond donors (Lipinski definition) is 1. The van der Waals surface area contributed by atoms with E-state index in [1.807, 2.05) is 0 Å². The highest BCUT2D eigenvalue weighted by Gasteiger charge is 2.20. The number of halogens is 3. The van der Waals surface area contributed by atoms with Crippen molar-refractivity contribution < 1.29 is 9.31 Å². The minimum atomic E-state index is -0.546. The molecule has 1 aliphatic heterocycles. The van der Waals surface area contributed by atoms with Gasteiger partial charge in [-0.15, -0.1) is 24.8 Å². The molecule has 2 rings (SSSR count). The van der Waals surface area contributed by atoms with Gasteiger partial charge in [-0.25, -0.2) is 4.39 Å². The summed E-state index contributed by atoms with van der Waals surface area (Å²) >= 11 is 0. The molecule has 1 aromatic rings. The Labute approximate surface area is 135 Å². The summed E-state index contributed by atoms with van der Waals surface area (Å²) in [6, 6.07) is 2.77. The first kappa shape index (κ1) is 20.1. The van der Waals surface area contributed by atoms with Crippen LogP contribution in [0.5, 0.6) is 0 Å². The zero-order valence-electron chi connectivity index (χ0n) is 12.0. The van der Waals surface area contributed by atoms with E-state index < -0.39 is 10.7 Å². The van der Waals surface area contributed by atoms with E-state index >= 15 is 0 Å². The van der Waals surface area contributed by atoms with E-state index in [-0.39, 0.29) is 30.5 Å². The average Bonchev–Trinajstić information content (AvgIpc) is 2.33. The molecular weight excluding hydrogens is 320 g/mol. The van der Waals surface area contributed by atoms with Crippen molar-refractivity contribution in [3.63, 3.8) is 0 Å². The van der Waals surface area contributed by atoms with Gasteiger partial charge >= 0.3 is 0 Å². The van der Waals surface area contributed by atoms with Gasteiger partial charge in [-0.2, -0.15) is 0 Å². The molecule has 1 fully saturated rings. The highest BCUT2D eigenvalue weighted by atomic mass is 35.5. The molecule has 1 aromatic carbocycles. The van der Waals surface area contributed by atoms with Gasteiger partial charge in [0.15, 0.2) is 0 Å². The van der Waals surface area contributed by atoms with Gasteiger partial charge in [-0.05, 0) is 25.5 Å². The molecular formula is C13H20Cl2FN3O2. The van der Waals surface area contributed by atoms with Crippen LogP contribution in [0.15, 0.2) is 12.1 Å². The van der Waals surface area contributed by atoms with E-state index in [1.165, 1.54) is 6.07 Å². The van der Waals surface area contributed by atoms with Gasteiger partial charge in [0, 0.05) is 37.8 Å². The van der Waals surface area contributed by atoms with Crippen LogP contribution in [0, 0.1) is 22.9 Å². The van der Waals surface area contributed by atoms with Gasteiger partial charge < -0.3 is 5.32 Å². The molecule has 0 unspecified atom stereocenters. The van der Waals surface area contributed by atoms with E-state index in [4.69, 9.17) is 0 Å². The first-order valence-corrected chi connectivity index (χ1v) is 6.36. The van der Waals surface area contributed by atoms with E-state index in [1.54, 1.807) is 6.92 Å². The fourth-order valence-corrected chi connectivity index (χ4v) is 2.47. The Balaban J connectivity index is 0.00000200. The third-order valence-corrected chi connectivity index (χ3v) is 3.50. The number of nitrogens with zero attached hydrogens (tertiary/aromatic N) is 2. The zero-order chi connectivity index (χ0) is 14.0. The maximum Gasteiger partial charge on any atom is 0.275 e. The number of piperazine rings is 1. The van der Waals surface area contributed by atoms with Crippen LogP contribution < -0.4 is 5.32 Å². The number of nitrogens with one attached hydrogen (secondary N) is 1. The highest BCUT2D eigenvalue weighted by molar-refractivity contribution is 5.85. The summed E-state index contributed by atoms with van der Waals surface area (Å²) in [5, 5.41) is 14.2.